The van der Waals surface area contributed by atoms with Crippen LogP contribution in [0.4, 0.5) is 0 Å². The number of carbonyl (C=O) groups is 1. The first kappa shape index (κ1) is 24.3. The van der Waals surface area contributed by atoms with Gasteiger partial charge in [-0.1, -0.05) is 31.5 Å². The van der Waals surface area contributed by atoms with E-state index in [-0.39, 0.29) is 36.9 Å². The fraction of sp³-hybridized carbons (Fsp3) is 0.571. The second kappa shape index (κ2) is 12.6. The van der Waals surface area contributed by atoms with Crippen molar-refractivity contribution in [2.24, 2.45) is 5.92 Å². The number of ether oxygens (including phenoxy) is 5. The van der Waals surface area contributed by atoms with E-state index in [2.05, 4.69) is 6.58 Å². The van der Waals surface area contributed by atoms with Crippen LogP contribution in [0.25, 0.3) is 0 Å². The molecular formula is C21H31ClO6. The third-order valence-electron chi connectivity index (χ3n) is 4.04. The highest BCUT2D eigenvalue weighted by atomic mass is 35.5. The van der Waals surface area contributed by atoms with Crippen molar-refractivity contribution in [2.75, 3.05) is 26.8 Å². The van der Waals surface area contributed by atoms with E-state index in [9.17, 15) is 4.79 Å². The predicted molar refractivity (Wildman–Crippen MR) is 109 cm³/mol. The summed E-state index contributed by atoms with van der Waals surface area (Å²) in [6, 6.07) is 1.56. The van der Waals surface area contributed by atoms with Crippen LogP contribution in [-0.4, -0.2) is 38.9 Å². The Balaban J connectivity index is 3.23. The van der Waals surface area contributed by atoms with Crippen LogP contribution in [0, 0.1) is 12.8 Å². The van der Waals surface area contributed by atoms with Crippen LogP contribution in [-0.2, 0) is 14.2 Å². The third kappa shape index (κ3) is 7.00. The summed E-state index contributed by atoms with van der Waals surface area (Å²) in [5.41, 5.74) is 0.761. The molecule has 1 aromatic carbocycles. The lowest BCUT2D eigenvalue weighted by atomic mass is 10.0. The highest BCUT2D eigenvalue weighted by Gasteiger charge is 2.26. The van der Waals surface area contributed by atoms with Gasteiger partial charge in [0.25, 0.3) is 0 Å². The molecule has 1 atom stereocenters. The summed E-state index contributed by atoms with van der Waals surface area (Å²) < 4.78 is 27.4. The molecule has 0 aliphatic heterocycles. The zero-order chi connectivity index (χ0) is 21.1. The van der Waals surface area contributed by atoms with Gasteiger partial charge in [-0.3, -0.25) is 0 Å². The minimum atomic E-state index is -0.511. The third-order valence-corrected chi connectivity index (χ3v) is 4.51. The number of carbonyl (C=O) groups excluding carboxylic acids is 1. The van der Waals surface area contributed by atoms with Gasteiger partial charge in [-0.15, -0.1) is 6.58 Å². The van der Waals surface area contributed by atoms with Gasteiger partial charge >= 0.3 is 5.97 Å². The monoisotopic (exact) mass is 414 g/mol. The van der Waals surface area contributed by atoms with E-state index in [4.69, 9.17) is 35.3 Å². The maximum Gasteiger partial charge on any atom is 0.342 e. The molecule has 0 aromatic heterocycles. The van der Waals surface area contributed by atoms with Gasteiger partial charge < -0.3 is 23.7 Å². The molecule has 0 aliphatic carbocycles. The molecular weight excluding hydrogens is 384 g/mol. The van der Waals surface area contributed by atoms with Crippen LogP contribution in [0.3, 0.4) is 0 Å². The molecule has 7 heteroatoms. The van der Waals surface area contributed by atoms with Gasteiger partial charge in [0.15, 0.2) is 13.6 Å². The Hall–Kier alpha value is -1.76. The van der Waals surface area contributed by atoms with Crippen molar-refractivity contribution in [2.45, 2.75) is 47.1 Å². The quantitative estimate of drug-likeness (QED) is 0.192. The van der Waals surface area contributed by atoms with Crippen molar-refractivity contribution in [3.63, 3.8) is 0 Å². The average molecular weight is 415 g/mol. The number of benzene rings is 1. The number of hydrogen-bond acceptors (Lipinski definition) is 6. The second-order valence-corrected chi connectivity index (χ2v) is 6.79. The first-order valence-corrected chi connectivity index (χ1v) is 9.81. The van der Waals surface area contributed by atoms with Crippen molar-refractivity contribution >= 4 is 17.6 Å². The molecule has 0 saturated carbocycles. The molecule has 1 aromatic rings. The first-order valence-electron chi connectivity index (χ1n) is 9.43. The lowest BCUT2D eigenvalue weighted by Gasteiger charge is -2.22. The Morgan fingerprint density at radius 1 is 1.14 bits per heavy atom. The standard InChI is InChI=1S/C21H31ClO6/c1-7-10-16(14(4)5)28-21(23)19-15(6)20(22)18(27-13-25-9-3)11-17(19)26-12-24-8-2/h7,11,14,16H,1,8-10,12-13H2,2-6H3/t16-/m0/s1. The van der Waals surface area contributed by atoms with Crippen LogP contribution in [0.5, 0.6) is 11.5 Å². The average Bonchev–Trinajstić information content (AvgIpc) is 2.65. The molecule has 28 heavy (non-hydrogen) atoms. The summed E-state index contributed by atoms with van der Waals surface area (Å²) in [6.45, 7) is 14.1. The molecule has 0 amide bonds. The molecule has 6 nitrogen and oxygen atoms in total. The van der Waals surface area contributed by atoms with Crippen molar-refractivity contribution < 1.29 is 28.5 Å². The van der Waals surface area contributed by atoms with Crippen molar-refractivity contribution in [3.05, 3.63) is 34.9 Å². The molecule has 0 radical (unpaired) electrons. The molecule has 1 rings (SSSR count). The van der Waals surface area contributed by atoms with Crippen molar-refractivity contribution in [3.8, 4) is 11.5 Å². The fourth-order valence-corrected chi connectivity index (χ4v) is 2.60. The van der Waals surface area contributed by atoms with Gasteiger partial charge in [0, 0.05) is 25.7 Å². The van der Waals surface area contributed by atoms with Gasteiger partial charge in [-0.05, 0) is 32.3 Å². The minimum absolute atomic E-state index is 0.0109. The van der Waals surface area contributed by atoms with Crippen molar-refractivity contribution in [1.82, 2.24) is 0 Å². The van der Waals surface area contributed by atoms with E-state index in [1.165, 1.54) is 0 Å². The van der Waals surface area contributed by atoms with Gasteiger partial charge in [0.2, 0.25) is 0 Å². The zero-order valence-electron chi connectivity index (χ0n) is 17.4. The Bertz CT molecular complexity index is 644. The van der Waals surface area contributed by atoms with E-state index in [0.29, 0.717) is 36.0 Å². The van der Waals surface area contributed by atoms with E-state index in [0.717, 1.165) is 0 Å². The maximum absolute atomic E-state index is 12.9. The Labute approximate surface area is 172 Å². The maximum atomic E-state index is 12.9. The molecule has 0 spiro atoms. The lowest BCUT2D eigenvalue weighted by molar-refractivity contribution is 0.0121. The molecule has 0 heterocycles. The second-order valence-electron chi connectivity index (χ2n) is 6.41. The smallest absolute Gasteiger partial charge is 0.342 e. The largest absolute Gasteiger partial charge is 0.466 e. The first-order chi connectivity index (χ1) is 13.4. The van der Waals surface area contributed by atoms with Crippen LogP contribution < -0.4 is 9.47 Å². The number of esters is 1. The van der Waals surface area contributed by atoms with E-state index in [1.54, 1.807) is 19.1 Å². The molecule has 0 saturated heterocycles. The summed E-state index contributed by atoms with van der Waals surface area (Å²) in [5, 5.41) is 0.306. The lowest BCUT2D eigenvalue weighted by Crippen LogP contribution is -2.24. The molecule has 158 valence electrons. The van der Waals surface area contributed by atoms with Gasteiger partial charge in [-0.25, -0.2) is 4.79 Å². The van der Waals surface area contributed by atoms with Crippen LogP contribution >= 0.6 is 11.6 Å². The fourth-order valence-electron chi connectivity index (χ4n) is 2.40. The summed E-state index contributed by atoms with van der Waals surface area (Å²) in [7, 11) is 0. The zero-order valence-corrected chi connectivity index (χ0v) is 18.1. The van der Waals surface area contributed by atoms with E-state index in [1.807, 2.05) is 27.7 Å². The number of hydrogen-bond donors (Lipinski definition) is 0. The highest BCUT2D eigenvalue weighted by Crippen LogP contribution is 2.38. The Morgan fingerprint density at radius 2 is 1.71 bits per heavy atom. The number of rotatable bonds is 13. The normalized spacial score (nSPS) is 12.0. The highest BCUT2D eigenvalue weighted by molar-refractivity contribution is 6.33. The topological polar surface area (TPSA) is 63.2 Å². The predicted octanol–water partition coefficient (Wildman–Crippen LogP) is 5.15. The summed E-state index contributed by atoms with van der Waals surface area (Å²) in [6.07, 6.45) is 1.99. The van der Waals surface area contributed by atoms with E-state index < -0.39 is 5.97 Å². The molecule has 0 unspecified atom stereocenters. The number of halogens is 1. The van der Waals surface area contributed by atoms with Crippen LogP contribution in [0.1, 0.15) is 50.0 Å². The molecule has 0 N–H and O–H groups in total. The van der Waals surface area contributed by atoms with Crippen molar-refractivity contribution in [1.29, 1.82) is 0 Å². The minimum Gasteiger partial charge on any atom is -0.466 e. The van der Waals surface area contributed by atoms with Gasteiger partial charge in [0.05, 0.1) is 5.02 Å². The summed E-state index contributed by atoms with van der Waals surface area (Å²) in [4.78, 5) is 12.9. The SMILES string of the molecule is C=CC[C@H](OC(=O)c1c(OCOCC)cc(OCOCC)c(Cl)c1C)C(C)C. The summed E-state index contributed by atoms with van der Waals surface area (Å²) >= 11 is 6.42. The Morgan fingerprint density at radius 3 is 2.21 bits per heavy atom. The molecule has 0 aliphatic rings. The molecule has 0 fully saturated rings. The van der Waals surface area contributed by atoms with Crippen LogP contribution in [0.15, 0.2) is 18.7 Å². The molecule has 0 bridgehead atoms. The summed E-state index contributed by atoms with van der Waals surface area (Å²) in [5.74, 6) is 0.275. The van der Waals surface area contributed by atoms with E-state index >= 15 is 0 Å². The van der Waals surface area contributed by atoms with Gasteiger partial charge in [0.1, 0.15) is 23.2 Å². The Kier molecular flexibility index (Phi) is 11.0. The van der Waals surface area contributed by atoms with Crippen LogP contribution in [0.2, 0.25) is 5.02 Å². The van der Waals surface area contributed by atoms with Gasteiger partial charge in [-0.2, -0.15) is 0 Å².